The summed E-state index contributed by atoms with van der Waals surface area (Å²) >= 11 is 0. The molecule has 0 amide bonds. The monoisotopic (exact) mass is 273 g/mol. The minimum atomic E-state index is -0.687. The lowest BCUT2D eigenvalue weighted by atomic mass is 9.83. The van der Waals surface area contributed by atoms with Crippen LogP contribution >= 0.6 is 0 Å². The molecule has 0 aliphatic rings. The van der Waals surface area contributed by atoms with Crippen molar-refractivity contribution in [1.29, 1.82) is 0 Å². The highest BCUT2D eigenvalue weighted by Gasteiger charge is 2.33. The first-order valence-corrected chi connectivity index (χ1v) is 7.08. The van der Waals surface area contributed by atoms with E-state index in [1.165, 1.54) is 0 Å². The van der Waals surface area contributed by atoms with Crippen molar-refractivity contribution < 1.29 is 9.84 Å². The van der Waals surface area contributed by atoms with Crippen molar-refractivity contribution in [2.75, 3.05) is 6.61 Å². The van der Waals surface area contributed by atoms with Crippen LogP contribution in [0, 0.1) is 5.41 Å². The third kappa shape index (κ3) is 3.00. The zero-order valence-electron chi connectivity index (χ0n) is 12.6. The van der Waals surface area contributed by atoms with Gasteiger partial charge in [0.05, 0.1) is 11.6 Å². The highest BCUT2D eigenvalue weighted by Crippen LogP contribution is 2.35. The van der Waals surface area contributed by atoms with E-state index in [2.05, 4.69) is 25.8 Å². The molecule has 2 aromatic rings. The minimum Gasteiger partial charge on any atom is -0.386 e. The second-order valence-electron chi connectivity index (χ2n) is 6.11. The average molecular weight is 273 g/mol. The van der Waals surface area contributed by atoms with Gasteiger partial charge in [0, 0.05) is 23.8 Å². The maximum absolute atomic E-state index is 10.8. The molecular weight excluding hydrogens is 250 g/mol. The molecule has 2 rings (SSSR count). The quantitative estimate of drug-likeness (QED) is 0.923. The standard InChI is InChI=1S/C17H23NO2/c1-5-20-16(17(2,3)4)15(19)13-10-6-8-12-9-7-11-18-14(12)13/h6-11,15-16,19H,5H2,1-4H3. The van der Waals surface area contributed by atoms with E-state index < -0.39 is 6.10 Å². The van der Waals surface area contributed by atoms with Crippen molar-refractivity contribution in [3.8, 4) is 0 Å². The van der Waals surface area contributed by atoms with Crippen molar-refractivity contribution in [2.45, 2.75) is 39.9 Å². The molecule has 0 aliphatic carbocycles. The molecule has 1 N–H and O–H groups in total. The van der Waals surface area contributed by atoms with Gasteiger partial charge in [-0.15, -0.1) is 0 Å². The van der Waals surface area contributed by atoms with Gasteiger partial charge in [0.15, 0.2) is 0 Å². The summed E-state index contributed by atoms with van der Waals surface area (Å²) in [6, 6.07) is 9.80. The fraction of sp³-hybridized carbons (Fsp3) is 0.471. The smallest absolute Gasteiger partial charge is 0.108 e. The topological polar surface area (TPSA) is 42.4 Å². The van der Waals surface area contributed by atoms with Crippen molar-refractivity contribution >= 4 is 10.9 Å². The fourth-order valence-electron chi connectivity index (χ4n) is 2.52. The summed E-state index contributed by atoms with van der Waals surface area (Å²) in [6.45, 7) is 8.77. The molecule has 0 bridgehead atoms. The Balaban J connectivity index is 2.46. The number of benzene rings is 1. The minimum absolute atomic E-state index is 0.146. The van der Waals surface area contributed by atoms with Crippen LogP contribution in [0.3, 0.4) is 0 Å². The molecule has 3 nitrogen and oxygen atoms in total. The first-order valence-electron chi connectivity index (χ1n) is 7.08. The molecule has 0 saturated heterocycles. The van der Waals surface area contributed by atoms with Crippen LogP contribution in [-0.2, 0) is 4.74 Å². The number of rotatable bonds is 4. The van der Waals surface area contributed by atoms with Gasteiger partial charge in [-0.25, -0.2) is 0 Å². The first-order chi connectivity index (χ1) is 9.45. The molecule has 0 saturated carbocycles. The number of para-hydroxylation sites is 1. The van der Waals surface area contributed by atoms with Gasteiger partial charge >= 0.3 is 0 Å². The SMILES string of the molecule is CCOC(C(O)c1cccc2cccnc12)C(C)(C)C. The number of aromatic nitrogens is 1. The Kier molecular flexibility index (Phi) is 4.41. The lowest BCUT2D eigenvalue weighted by molar-refractivity contribution is -0.0894. The molecule has 1 heterocycles. The molecule has 0 radical (unpaired) electrons. The molecule has 1 aromatic heterocycles. The summed E-state index contributed by atoms with van der Waals surface area (Å²) in [7, 11) is 0. The van der Waals surface area contributed by atoms with Crippen LogP contribution in [-0.4, -0.2) is 22.8 Å². The van der Waals surface area contributed by atoms with Gasteiger partial charge in [-0.2, -0.15) is 0 Å². The second-order valence-corrected chi connectivity index (χ2v) is 6.11. The van der Waals surface area contributed by atoms with E-state index in [-0.39, 0.29) is 11.5 Å². The van der Waals surface area contributed by atoms with Crippen LogP contribution < -0.4 is 0 Å². The summed E-state index contributed by atoms with van der Waals surface area (Å²) < 4.78 is 5.79. The Labute approximate surface area is 120 Å². The van der Waals surface area contributed by atoms with Crippen LogP contribution in [0.4, 0.5) is 0 Å². The molecule has 20 heavy (non-hydrogen) atoms. The van der Waals surface area contributed by atoms with Gasteiger partial charge in [0.2, 0.25) is 0 Å². The highest BCUT2D eigenvalue weighted by molar-refractivity contribution is 5.81. The van der Waals surface area contributed by atoms with Crippen LogP contribution in [0.1, 0.15) is 39.4 Å². The van der Waals surface area contributed by atoms with E-state index >= 15 is 0 Å². The lowest BCUT2D eigenvalue weighted by Crippen LogP contribution is -2.35. The second kappa shape index (κ2) is 5.90. The third-order valence-corrected chi connectivity index (χ3v) is 3.47. The molecule has 1 aromatic carbocycles. The van der Waals surface area contributed by atoms with Crippen molar-refractivity contribution in [3.63, 3.8) is 0 Å². The molecule has 2 unspecified atom stereocenters. The average Bonchev–Trinajstić information content (AvgIpc) is 2.42. The van der Waals surface area contributed by atoms with Gasteiger partial charge in [-0.05, 0) is 18.4 Å². The van der Waals surface area contributed by atoms with Gasteiger partial charge in [-0.3, -0.25) is 4.98 Å². The Bertz CT molecular complexity index is 569. The third-order valence-electron chi connectivity index (χ3n) is 3.47. The molecule has 0 spiro atoms. The van der Waals surface area contributed by atoms with E-state index in [1.54, 1.807) is 6.20 Å². The lowest BCUT2D eigenvalue weighted by Gasteiger charge is -2.34. The van der Waals surface area contributed by atoms with Crippen LogP contribution in [0.15, 0.2) is 36.5 Å². The number of aliphatic hydroxyl groups is 1. The van der Waals surface area contributed by atoms with E-state index in [0.717, 1.165) is 16.5 Å². The molecule has 0 aliphatic heterocycles. The summed E-state index contributed by atoms with van der Waals surface area (Å²) in [5.41, 5.74) is 1.53. The number of hydrogen-bond donors (Lipinski definition) is 1. The number of nitrogens with zero attached hydrogens (tertiary/aromatic N) is 1. The zero-order chi connectivity index (χ0) is 14.8. The van der Waals surface area contributed by atoms with Gasteiger partial charge < -0.3 is 9.84 Å². The predicted molar refractivity (Wildman–Crippen MR) is 81.6 cm³/mol. The number of aliphatic hydroxyl groups excluding tert-OH is 1. The van der Waals surface area contributed by atoms with E-state index in [4.69, 9.17) is 4.74 Å². The molecule has 2 atom stereocenters. The van der Waals surface area contributed by atoms with E-state index in [1.807, 2.05) is 37.3 Å². The Hall–Kier alpha value is -1.45. The first kappa shape index (κ1) is 14.9. The highest BCUT2D eigenvalue weighted by atomic mass is 16.5. The van der Waals surface area contributed by atoms with Crippen molar-refractivity contribution in [1.82, 2.24) is 4.98 Å². The molecular formula is C17H23NO2. The summed E-state index contributed by atoms with van der Waals surface area (Å²) in [5.74, 6) is 0. The normalized spacial score (nSPS) is 15.2. The summed E-state index contributed by atoms with van der Waals surface area (Å²) in [5, 5.41) is 11.8. The largest absolute Gasteiger partial charge is 0.386 e. The molecule has 3 heteroatoms. The maximum atomic E-state index is 10.8. The number of pyridine rings is 1. The Morgan fingerprint density at radius 1 is 1.20 bits per heavy atom. The number of fused-ring (bicyclic) bond motifs is 1. The van der Waals surface area contributed by atoms with Crippen LogP contribution in [0.25, 0.3) is 10.9 Å². The Morgan fingerprint density at radius 3 is 2.55 bits per heavy atom. The zero-order valence-corrected chi connectivity index (χ0v) is 12.6. The van der Waals surface area contributed by atoms with Gasteiger partial charge in [-0.1, -0.05) is 45.0 Å². The van der Waals surface area contributed by atoms with Gasteiger partial charge in [0.1, 0.15) is 6.10 Å². The van der Waals surface area contributed by atoms with Crippen molar-refractivity contribution in [2.24, 2.45) is 5.41 Å². The van der Waals surface area contributed by atoms with Gasteiger partial charge in [0.25, 0.3) is 0 Å². The van der Waals surface area contributed by atoms with Crippen LogP contribution in [0.5, 0.6) is 0 Å². The number of hydrogen-bond acceptors (Lipinski definition) is 3. The Morgan fingerprint density at radius 2 is 1.90 bits per heavy atom. The molecule has 108 valence electrons. The van der Waals surface area contributed by atoms with E-state index in [9.17, 15) is 5.11 Å². The molecule has 0 fully saturated rings. The van der Waals surface area contributed by atoms with Crippen LogP contribution in [0.2, 0.25) is 0 Å². The van der Waals surface area contributed by atoms with Crippen molar-refractivity contribution in [3.05, 3.63) is 42.1 Å². The maximum Gasteiger partial charge on any atom is 0.108 e. The number of ether oxygens (including phenoxy) is 1. The van der Waals surface area contributed by atoms with E-state index in [0.29, 0.717) is 6.61 Å². The fourth-order valence-corrected chi connectivity index (χ4v) is 2.52. The summed E-state index contributed by atoms with van der Waals surface area (Å²) in [4.78, 5) is 4.41. The summed E-state index contributed by atoms with van der Waals surface area (Å²) in [6.07, 6.45) is 0.805. The predicted octanol–water partition coefficient (Wildman–Crippen LogP) is 3.72.